The molecule has 0 atom stereocenters. The largest absolute Gasteiger partial charge is 0.338 e. The van der Waals surface area contributed by atoms with Crippen molar-refractivity contribution in [1.82, 2.24) is 9.97 Å². The van der Waals surface area contributed by atoms with E-state index >= 15 is 0 Å². The second kappa shape index (κ2) is 6.71. The minimum absolute atomic E-state index is 0.0462. The van der Waals surface area contributed by atoms with Crippen molar-refractivity contribution >= 4 is 23.1 Å². The second-order valence-corrected chi connectivity index (χ2v) is 4.86. The third-order valence-corrected chi connectivity index (χ3v) is 3.13. The first-order valence-electron chi connectivity index (χ1n) is 6.89. The van der Waals surface area contributed by atoms with Gasteiger partial charge in [-0.05, 0) is 30.3 Å². The lowest BCUT2D eigenvalue weighted by atomic mass is 10.3. The van der Waals surface area contributed by atoms with Crippen LogP contribution >= 0.6 is 0 Å². The van der Waals surface area contributed by atoms with Gasteiger partial charge in [-0.15, -0.1) is 0 Å². The standard InChI is InChI=1S/C16H9F5N4/c17-8-1-3-11(10(19)7-8)24-16-22-6-5-13(25-16)23-12-4-2-9(18)14(20)15(12)21/h1-7H,(H2,22,23,24,25). The molecule has 4 nitrogen and oxygen atoms in total. The number of hydrogen-bond donors (Lipinski definition) is 2. The Labute approximate surface area is 138 Å². The average molecular weight is 352 g/mol. The van der Waals surface area contributed by atoms with E-state index in [9.17, 15) is 22.0 Å². The highest BCUT2D eigenvalue weighted by Crippen LogP contribution is 2.24. The number of hydrogen-bond acceptors (Lipinski definition) is 4. The molecular formula is C16H9F5N4. The van der Waals surface area contributed by atoms with Crippen LogP contribution in [0.15, 0.2) is 42.6 Å². The Kier molecular flexibility index (Phi) is 4.46. The van der Waals surface area contributed by atoms with Gasteiger partial charge in [0.2, 0.25) is 5.95 Å². The van der Waals surface area contributed by atoms with E-state index < -0.39 is 29.1 Å². The second-order valence-electron chi connectivity index (χ2n) is 4.86. The van der Waals surface area contributed by atoms with Gasteiger partial charge in [-0.3, -0.25) is 0 Å². The van der Waals surface area contributed by atoms with Crippen LogP contribution in [0.1, 0.15) is 0 Å². The molecule has 2 aromatic carbocycles. The van der Waals surface area contributed by atoms with Crippen molar-refractivity contribution in [3.8, 4) is 0 Å². The summed E-state index contributed by atoms with van der Waals surface area (Å²) in [6, 6.07) is 5.99. The molecule has 25 heavy (non-hydrogen) atoms. The van der Waals surface area contributed by atoms with Crippen molar-refractivity contribution in [1.29, 1.82) is 0 Å². The molecule has 0 saturated heterocycles. The highest BCUT2D eigenvalue weighted by Gasteiger charge is 2.14. The zero-order chi connectivity index (χ0) is 18.0. The van der Waals surface area contributed by atoms with Gasteiger partial charge in [0.15, 0.2) is 17.5 Å². The van der Waals surface area contributed by atoms with Gasteiger partial charge in [0.05, 0.1) is 11.4 Å². The summed E-state index contributed by atoms with van der Waals surface area (Å²) >= 11 is 0. The maximum absolute atomic E-state index is 13.7. The zero-order valence-electron chi connectivity index (χ0n) is 12.3. The van der Waals surface area contributed by atoms with Gasteiger partial charge in [-0.25, -0.2) is 26.9 Å². The van der Waals surface area contributed by atoms with Crippen molar-refractivity contribution in [2.75, 3.05) is 10.6 Å². The summed E-state index contributed by atoms with van der Waals surface area (Å²) in [7, 11) is 0. The highest BCUT2D eigenvalue weighted by atomic mass is 19.2. The summed E-state index contributed by atoms with van der Waals surface area (Å²) in [5, 5.41) is 4.99. The fourth-order valence-corrected chi connectivity index (χ4v) is 1.96. The van der Waals surface area contributed by atoms with Gasteiger partial charge < -0.3 is 10.6 Å². The summed E-state index contributed by atoms with van der Waals surface area (Å²) < 4.78 is 66.3. The minimum Gasteiger partial charge on any atom is -0.338 e. The van der Waals surface area contributed by atoms with E-state index in [4.69, 9.17) is 0 Å². The number of rotatable bonds is 4. The maximum atomic E-state index is 13.7. The summed E-state index contributed by atoms with van der Waals surface area (Å²) in [5.41, 5.74) is -0.408. The van der Waals surface area contributed by atoms with Gasteiger partial charge in [0.25, 0.3) is 0 Å². The van der Waals surface area contributed by atoms with E-state index in [0.717, 1.165) is 24.3 Å². The van der Waals surface area contributed by atoms with E-state index in [1.54, 1.807) is 0 Å². The molecule has 0 saturated carbocycles. The Hall–Kier alpha value is -3.23. The van der Waals surface area contributed by atoms with Crippen LogP contribution in [0.2, 0.25) is 0 Å². The maximum Gasteiger partial charge on any atom is 0.229 e. The normalized spacial score (nSPS) is 10.6. The summed E-state index contributed by atoms with van der Waals surface area (Å²) in [6.45, 7) is 0. The molecule has 0 aliphatic rings. The lowest BCUT2D eigenvalue weighted by Gasteiger charge is -2.10. The lowest BCUT2D eigenvalue weighted by Crippen LogP contribution is -2.03. The molecule has 128 valence electrons. The van der Waals surface area contributed by atoms with Crippen LogP contribution in [-0.2, 0) is 0 Å². The van der Waals surface area contributed by atoms with Gasteiger partial charge in [0, 0.05) is 12.3 Å². The Morgan fingerprint density at radius 1 is 0.720 bits per heavy atom. The molecule has 1 aromatic heterocycles. The fraction of sp³-hybridized carbons (Fsp3) is 0. The quantitative estimate of drug-likeness (QED) is 0.530. The molecule has 0 amide bonds. The number of benzene rings is 2. The summed E-state index contributed by atoms with van der Waals surface area (Å²) in [5.74, 6) is -5.96. The van der Waals surface area contributed by atoms with Crippen molar-refractivity contribution < 1.29 is 22.0 Å². The first-order chi connectivity index (χ1) is 11.9. The Bertz CT molecular complexity index is 932. The lowest BCUT2D eigenvalue weighted by molar-refractivity contribution is 0.449. The molecule has 0 unspecified atom stereocenters. The predicted molar refractivity (Wildman–Crippen MR) is 81.3 cm³/mol. The minimum atomic E-state index is -1.62. The van der Waals surface area contributed by atoms with E-state index in [0.29, 0.717) is 6.07 Å². The summed E-state index contributed by atoms with van der Waals surface area (Å²) in [4.78, 5) is 7.79. The number of nitrogens with one attached hydrogen (secondary N) is 2. The van der Waals surface area contributed by atoms with Crippen LogP contribution in [-0.4, -0.2) is 9.97 Å². The highest BCUT2D eigenvalue weighted by molar-refractivity contribution is 5.60. The Morgan fingerprint density at radius 3 is 2.24 bits per heavy atom. The van der Waals surface area contributed by atoms with Crippen molar-refractivity contribution in [2.24, 2.45) is 0 Å². The first kappa shape index (κ1) is 16.6. The van der Waals surface area contributed by atoms with Crippen LogP contribution < -0.4 is 10.6 Å². The van der Waals surface area contributed by atoms with E-state index in [1.807, 2.05) is 0 Å². The fourth-order valence-electron chi connectivity index (χ4n) is 1.96. The topological polar surface area (TPSA) is 49.8 Å². The Morgan fingerprint density at radius 2 is 1.48 bits per heavy atom. The summed E-state index contributed by atoms with van der Waals surface area (Å²) in [6.07, 6.45) is 1.27. The van der Waals surface area contributed by atoms with Crippen LogP contribution in [0.25, 0.3) is 0 Å². The first-order valence-corrected chi connectivity index (χ1v) is 6.89. The average Bonchev–Trinajstić information content (AvgIpc) is 2.58. The number of aromatic nitrogens is 2. The molecule has 0 aliphatic carbocycles. The van der Waals surface area contributed by atoms with Crippen LogP contribution in [0.4, 0.5) is 45.1 Å². The molecule has 1 heterocycles. The number of anilines is 4. The molecule has 0 spiro atoms. The molecule has 0 radical (unpaired) electrons. The number of halogens is 5. The zero-order valence-corrected chi connectivity index (χ0v) is 12.3. The molecule has 0 fully saturated rings. The van der Waals surface area contributed by atoms with E-state index in [2.05, 4.69) is 20.6 Å². The van der Waals surface area contributed by atoms with Crippen molar-refractivity contribution in [3.63, 3.8) is 0 Å². The van der Waals surface area contributed by atoms with Gasteiger partial charge >= 0.3 is 0 Å². The molecular weight excluding hydrogens is 343 g/mol. The van der Waals surface area contributed by atoms with Gasteiger partial charge in [0.1, 0.15) is 17.5 Å². The van der Waals surface area contributed by atoms with Crippen LogP contribution in [0.5, 0.6) is 0 Å². The van der Waals surface area contributed by atoms with Gasteiger partial charge in [-0.1, -0.05) is 0 Å². The molecule has 2 N–H and O–H groups in total. The Balaban J connectivity index is 1.83. The molecule has 0 bridgehead atoms. The molecule has 0 aliphatic heterocycles. The molecule has 3 rings (SSSR count). The van der Waals surface area contributed by atoms with Crippen LogP contribution in [0, 0.1) is 29.1 Å². The smallest absolute Gasteiger partial charge is 0.229 e. The van der Waals surface area contributed by atoms with Crippen molar-refractivity contribution in [2.45, 2.75) is 0 Å². The SMILES string of the molecule is Fc1ccc(Nc2nccc(Nc3ccc(F)c(F)c3F)n2)c(F)c1. The molecule has 9 heteroatoms. The van der Waals surface area contributed by atoms with E-state index in [-0.39, 0.29) is 23.1 Å². The number of nitrogens with zero attached hydrogens (tertiary/aromatic N) is 2. The molecule has 3 aromatic rings. The van der Waals surface area contributed by atoms with E-state index in [1.165, 1.54) is 12.3 Å². The third kappa shape index (κ3) is 3.65. The van der Waals surface area contributed by atoms with Gasteiger partial charge in [-0.2, -0.15) is 4.98 Å². The van der Waals surface area contributed by atoms with Crippen LogP contribution in [0.3, 0.4) is 0 Å². The third-order valence-electron chi connectivity index (χ3n) is 3.13. The van der Waals surface area contributed by atoms with Crippen molar-refractivity contribution in [3.05, 3.63) is 71.7 Å². The predicted octanol–water partition coefficient (Wildman–Crippen LogP) is 4.66. The monoisotopic (exact) mass is 352 g/mol.